The predicted molar refractivity (Wildman–Crippen MR) is 109 cm³/mol. The van der Waals surface area contributed by atoms with Gasteiger partial charge in [0.2, 0.25) is 5.88 Å². The number of aromatic nitrogens is 2. The molecular weight excluding hydrogens is 350 g/mol. The van der Waals surface area contributed by atoms with Gasteiger partial charge in [-0.3, -0.25) is 9.88 Å². The van der Waals surface area contributed by atoms with Gasteiger partial charge in [0.15, 0.2) is 0 Å². The third-order valence-corrected chi connectivity index (χ3v) is 6.10. The highest BCUT2D eigenvalue weighted by molar-refractivity contribution is 5.84. The maximum Gasteiger partial charge on any atom is 0.223 e. The van der Waals surface area contributed by atoms with E-state index < -0.39 is 0 Å². The first-order valence-corrected chi connectivity index (χ1v) is 10.1. The molecule has 1 fully saturated rings. The Morgan fingerprint density at radius 1 is 1.04 bits per heavy atom. The van der Waals surface area contributed by atoms with Crippen LogP contribution in [-0.2, 0) is 12.8 Å². The van der Waals surface area contributed by atoms with Gasteiger partial charge in [-0.15, -0.1) is 0 Å². The Bertz CT molecular complexity index is 1000. The van der Waals surface area contributed by atoms with Crippen LogP contribution in [0.2, 0.25) is 0 Å². The van der Waals surface area contributed by atoms with E-state index in [4.69, 9.17) is 9.47 Å². The average Bonchev–Trinajstić information content (AvgIpc) is 2.88. The van der Waals surface area contributed by atoms with Crippen molar-refractivity contribution in [1.82, 2.24) is 14.9 Å². The number of hydrogen-bond acceptors (Lipinski definition) is 5. The SMILES string of the molecule is COc1cc(Oc2ccc3c(c2)CCN(C2CCC2)CC3)nc2cnccc12. The minimum Gasteiger partial charge on any atom is -0.496 e. The zero-order chi connectivity index (χ0) is 18.9. The molecule has 0 radical (unpaired) electrons. The molecule has 5 nitrogen and oxygen atoms in total. The molecule has 2 aliphatic rings. The summed E-state index contributed by atoms with van der Waals surface area (Å²) in [6.45, 7) is 2.32. The van der Waals surface area contributed by atoms with Gasteiger partial charge in [0.25, 0.3) is 0 Å². The smallest absolute Gasteiger partial charge is 0.223 e. The first-order valence-electron chi connectivity index (χ1n) is 10.1. The molecule has 5 rings (SSSR count). The van der Waals surface area contributed by atoms with Crippen molar-refractivity contribution >= 4 is 10.9 Å². The molecule has 1 aromatic carbocycles. The molecule has 5 heteroatoms. The third kappa shape index (κ3) is 3.31. The summed E-state index contributed by atoms with van der Waals surface area (Å²) in [5.41, 5.74) is 3.61. The lowest BCUT2D eigenvalue weighted by Gasteiger charge is -2.36. The maximum absolute atomic E-state index is 6.11. The van der Waals surface area contributed by atoms with Crippen molar-refractivity contribution in [3.63, 3.8) is 0 Å². The Hall–Kier alpha value is -2.66. The van der Waals surface area contributed by atoms with E-state index in [1.807, 2.05) is 12.1 Å². The summed E-state index contributed by atoms with van der Waals surface area (Å²) < 4.78 is 11.6. The quantitative estimate of drug-likeness (QED) is 0.677. The standard InChI is InChI=1S/C23H25N3O2/c1-27-22-14-23(25-21-15-24-10-7-20(21)22)28-19-6-5-16-8-11-26(18-3-2-4-18)12-9-17(16)13-19/h5-7,10,13-15,18H,2-4,8-9,11-12H2,1H3. The van der Waals surface area contributed by atoms with Crippen molar-refractivity contribution in [3.05, 3.63) is 53.9 Å². The van der Waals surface area contributed by atoms with E-state index >= 15 is 0 Å². The van der Waals surface area contributed by atoms with E-state index in [1.165, 1.54) is 36.9 Å². The Balaban J connectivity index is 1.38. The van der Waals surface area contributed by atoms with Crippen LogP contribution in [0.5, 0.6) is 17.4 Å². The number of fused-ring (bicyclic) bond motifs is 2. The monoisotopic (exact) mass is 375 g/mol. The minimum atomic E-state index is 0.530. The zero-order valence-electron chi connectivity index (χ0n) is 16.2. The fourth-order valence-electron chi connectivity index (χ4n) is 4.27. The lowest BCUT2D eigenvalue weighted by Crippen LogP contribution is -2.41. The Morgan fingerprint density at radius 3 is 2.68 bits per heavy atom. The van der Waals surface area contributed by atoms with Crippen molar-refractivity contribution in [3.8, 4) is 17.4 Å². The predicted octanol–water partition coefficient (Wildman–Crippen LogP) is 4.38. The van der Waals surface area contributed by atoms with Crippen molar-refractivity contribution in [2.45, 2.75) is 38.1 Å². The maximum atomic E-state index is 6.11. The molecule has 1 aliphatic heterocycles. The third-order valence-electron chi connectivity index (χ3n) is 6.10. The van der Waals surface area contributed by atoms with Gasteiger partial charge in [-0.05, 0) is 55.0 Å². The molecule has 2 aromatic heterocycles. The van der Waals surface area contributed by atoms with Gasteiger partial charge in [0.05, 0.1) is 18.8 Å². The first kappa shape index (κ1) is 17.4. The molecule has 0 saturated heterocycles. The van der Waals surface area contributed by atoms with Crippen molar-refractivity contribution in [2.75, 3.05) is 20.2 Å². The van der Waals surface area contributed by atoms with E-state index in [-0.39, 0.29) is 0 Å². The molecule has 0 atom stereocenters. The van der Waals surface area contributed by atoms with Crippen molar-refractivity contribution in [1.29, 1.82) is 0 Å². The van der Waals surface area contributed by atoms with Crippen LogP contribution in [0.1, 0.15) is 30.4 Å². The van der Waals surface area contributed by atoms with Gasteiger partial charge >= 0.3 is 0 Å². The summed E-state index contributed by atoms with van der Waals surface area (Å²) in [6, 6.07) is 11.0. The normalized spacial score (nSPS) is 17.6. The molecular formula is C23H25N3O2. The second kappa shape index (κ2) is 7.40. The fraction of sp³-hybridized carbons (Fsp3) is 0.391. The Morgan fingerprint density at radius 2 is 1.89 bits per heavy atom. The summed E-state index contributed by atoms with van der Waals surface area (Å²) in [7, 11) is 1.66. The van der Waals surface area contributed by atoms with Crippen LogP contribution in [0.3, 0.4) is 0 Å². The number of nitrogens with zero attached hydrogens (tertiary/aromatic N) is 3. The van der Waals surface area contributed by atoms with E-state index in [1.54, 1.807) is 19.5 Å². The second-order valence-corrected chi connectivity index (χ2v) is 7.71. The molecule has 1 aliphatic carbocycles. The fourth-order valence-corrected chi connectivity index (χ4v) is 4.27. The van der Waals surface area contributed by atoms with Crippen LogP contribution in [0.4, 0.5) is 0 Å². The minimum absolute atomic E-state index is 0.530. The summed E-state index contributed by atoms with van der Waals surface area (Å²) in [4.78, 5) is 11.4. The van der Waals surface area contributed by atoms with Gasteiger partial charge in [0.1, 0.15) is 11.5 Å². The van der Waals surface area contributed by atoms with Crippen molar-refractivity contribution < 1.29 is 9.47 Å². The van der Waals surface area contributed by atoms with Gasteiger partial charge in [-0.2, -0.15) is 0 Å². The number of methoxy groups -OCH3 is 1. The van der Waals surface area contributed by atoms with Crippen LogP contribution in [-0.4, -0.2) is 41.1 Å². The number of hydrogen-bond donors (Lipinski definition) is 0. The molecule has 0 spiro atoms. The molecule has 0 bridgehead atoms. The molecule has 3 aromatic rings. The number of ether oxygens (including phenoxy) is 2. The van der Waals surface area contributed by atoms with Crippen LogP contribution in [0, 0.1) is 0 Å². The topological polar surface area (TPSA) is 47.5 Å². The molecule has 0 amide bonds. The molecule has 0 N–H and O–H groups in total. The summed E-state index contributed by atoms with van der Waals surface area (Å²) in [5.74, 6) is 2.10. The van der Waals surface area contributed by atoms with Gasteiger partial charge in [-0.25, -0.2) is 4.98 Å². The summed E-state index contributed by atoms with van der Waals surface area (Å²) in [6.07, 6.45) is 9.82. The number of pyridine rings is 2. The Kier molecular flexibility index (Phi) is 4.61. The average molecular weight is 375 g/mol. The van der Waals surface area contributed by atoms with Crippen molar-refractivity contribution in [2.24, 2.45) is 0 Å². The highest BCUT2D eigenvalue weighted by atomic mass is 16.5. The lowest BCUT2D eigenvalue weighted by atomic mass is 9.91. The molecule has 144 valence electrons. The van der Waals surface area contributed by atoms with Crippen LogP contribution in [0.15, 0.2) is 42.7 Å². The molecule has 1 saturated carbocycles. The number of rotatable bonds is 4. The van der Waals surface area contributed by atoms with E-state index in [0.717, 1.165) is 47.8 Å². The van der Waals surface area contributed by atoms with Gasteiger partial charge in [-0.1, -0.05) is 12.5 Å². The highest BCUT2D eigenvalue weighted by Crippen LogP contribution is 2.32. The second-order valence-electron chi connectivity index (χ2n) is 7.71. The molecule has 28 heavy (non-hydrogen) atoms. The largest absolute Gasteiger partial charge is 0.496 e. The number of benzene rings is 1. The first-order chi connectivity index (χ1) is 13.8. The van der Waals surface area contributed by atoms with E-state index in [9.17, 15) is 0 Å². The van der Waals surface area contributed by atoms with E-state index in [0.29, 0.717) is 5.88 Å². The van der Waals surface area contributed by atoms with Gasteiger partial charge < -0.3 is 9.47 Å². The zero-order valence-corrected chi connectivity index (χ0v) is 16.2. The summed E-state index contributed by atoms with van der Waals surface area (Å²) >= 11 is 0. The van der Waals surface area contributed by atoms with Gasteiger partial charge in [0, 0.05) is 36.8 Å². The Labute approximate surface area is 165 Å². The summed E-state index contributed by atoms with van der Waals surface area (Å²) in [5, 5.41) is 0.933. The molecule has 0 unspecified atom stereocenters. The van der Waals surface area contributed by atoms with E-state index in [2.05, 4.69) is 33.1 Å². The van der Waals surface area contributed by atoms with Crippen LogP contribution >= 0.6 is 0 Å². The molecule has 3 heterocycles. The highest BCUT2D eigenvalue weighted by Gasteiger charge is 2.26. The lowest BCUT2D eigenvalue weighted by molar-refractivity contribution is 0.133. The van der Waals surface area contributed by atoms with Crippen LogP contribution < -0.4 is 9.47 Å². The van der Waals surface area contributed by atoms with Crippen LogP contribution in [0.25, 0.3) is 10.9 Å².